The maximum atomic E-state index is 13.3. The fraction of sp³-hybridized carbons (Fsp3) is 0.586. The van der Waals surface area contributed by atoms with Crippen LogP contribution >= 0.6 is 11.6 Å². The van der Waals surface area contributed by atoms with E-state index in [-0.39, 0.29) is 17.9 Å². The summed E-state index contributed by atoms with van der Waals surface area (Å²) in [5.41, 5.74) is 4.61. The highest BCUT2D eigenvalue weighted by molar-refractivity contribution is 6.35. The van der Waals surface area contributed by atoms with Crippen molar-refractivity contribution in [3.8, 4) is 0 Å². The van der Waals surface area contributed by atoms with Gasteiger partial charge >= 0.3 is 0 Å². The first kappa shape index (κ1) is 27.6. The Balaban J connectivity index is 1.33. The molecule has 3 aromatic rings. The smallest absolute Gasteiger partial charge is 0.272 e. The largest absolute Gasteiger partial charge is 0.353 e. The predicted molar refractivity (Wildman–Crippen MR) is 153 cm³/mol. The monoisotopic (exact) mass is 553 g/mol. The van der Waals surface area contributed by atoms with Crippen LogP contribution in [-0.4, -0.2) is 62.0 Å². The summed E-state index contributed by atoms with van der Waals surface area (Å²) in [5, 5.41) is 17.6. The molecule has 0 radical (unpaired) electrons. The molecule has 1 aromatic carbocycles. The van der Waals surface area contributed by atoms with Crippen molar-refractivity contribution in [2.45, 2.75) is 77.9 Å². The Labute approximate surface area is 235 Å². The third-order valence-electron chi connectivity index (χ3n) is 7.93. The topological polar surface area (TPSA) is 97.1 Å². The second-order valence-corrected chi connectivity index (χ2v) is 11.8. The van der Waals surface area contributed by atoms with Crippen LogP contribution in [0.15, 0.2) is 18.2 Å². The maximum absolute atomic E-state index is 13.3. The Morgan fingerprint density at radius 2 is 1.95 bits per heavy atom. The highest BCUT2D eigenvalue weighted by atomic mass is 35.5. The van der Waals surface area contributed by atoms with Gasteiger partial charge < -0.3 is 10.6 Å². The Bertz CT molecular complexity index is 1350. The molecule has 2 N–H and O–H groups in total. The van der Waals surface area contributed by atoms with Gasteiger partial charge in [0, 0.05) is 62.3 Å². The molecule has 39 heavy (non-hydrogen) atoms. The zero-order chi connectivity index (χ0) is 27.5. The lowest BCUT2D eigenvalue weighted by Crippen LogP contribution is -2.39. The highest BCUT2D eigenvalue weighted by Gasteiger charge is 2.30. The summed E-state index contributed by atoms with van der Waals surface area (Å²) >= 11 is 6.55. The Morgan fingerprint density at radius 1 is 1.13 bits per heavy atom. The Kier molecular flexibility index (Phi) is 8.57. The summed E-state index contributed by atoms with van der Waals surface area (Å²) in [4.78, 5) is 28.5. The number of hydrogen-bond acceptors (Lipinski definition) is 5. The molecule has 3 heterocycles. The number of fused-ring (bicyclic) bond motifs is 2. The van der Waals surface area contributed by atoms with Crippen molar-refractivity contribution < 1.29 is 9.59 Å². The van der Waals surface area contributed by atoms with Crippen LogP contribution in [0.25, 0.3) is 10.9 Å². The van der Waals surface area contributed by atoms with Gasteiger partial charge in [-0.2, -0.15) is 10.2 Å². The summed E-state index contributed by atoms with van der Waals surface area (Å²) in [6.07, 6.45) is 5.39. The van der Waals surface area contributed by atoms with Crippen LogP contribution in [0.1, 0.15) is 73.4 Å². The number of nitrogens with one attached hydrogen (secondary N) is 2. The number of halogens is 1. The molecule has 0 saturated heterocycles. The first-order valence-corrected chi connectivity index (χ1v) is 14.7. The second kappa shape index (κ2) is 12.1. The molecule has 1 unspecified atom stereocenters. The SMILES string of the molecule is CC(C)CCn1nc2c3c1CCC(C3)NC(=O)CCCN(Cc1nn(C)c3cccc(Cl)c13)CCCNC2=O. The van der Waals surface area contributed by atoms with Crippen molar-refractivity contribution in [1.82, 2.24) is 35.1 Å². The summed E-state index contributed by atoms with van der Waals surface area (Å²) in [6, 6.07) is 5.89. The van der Waals surface area contributed by atoms with Crippen molar-refractivity contribution in [2.24, 2.45) is 13.0 Å². The van der Waals surface area contributed by atoms with E-state index >= 15 is 0 Å². The number of rotatable bonds is 5. The summed E-state index contributed by atoms with van der Waals surface area (Å²) in [7, 11) is 1.93. The van der Waals surface area contributed by atoms with Gasteiger partial charge in [0.25, 0.3) is 5.91 Å². The van der Waals surface area contributed by atoms with Crippen molar-refractivity contribution in [1.29, 1.82) is 0 Å². The van der Waals surface area contributed by atoms with Gasteiger partial charge in [0.2, 0.25) is 5.91 Å². The molecular weight excluding hydrogens is 514 g/mol. The minimum absolute atomic E-state index is 0.0301. The zero-order valence-electron chi connectivity index (χ0n) is 23.3. The first-order valence-electron chi connectivity index (χ1n) is 14.3. The third-order valence-corrected chi connectivity index (χ3v) is 8.25. The van der Waals surface area contributed by atoms with Gasteiger partial charge in [-0.3, -0.25) is 23.9 Å². The van der Waals surface area contributed by atoms with Gasteiger partial charge in [-0.15, -0.1) is 0 Å². The van der Waals surface area contributed by atoms with Crippen LogP contribution in [0.3, 0.4) is 0 Å². The van der Waals surface area contributed by atoms with E-state index in [1.54, 1.807) is 0 Å². The molecule has 9 nitrogen and oxygen atoms in total. The lowest BCUT2D eigenvalue weighted by molar-refractivity contribution is -0.122. The molecule has 1 aliphatic heterocycles. The van der Waals surface area contributed by atoms with Gasteiger partial charge in [0.05, 0.1) is 16.2 Å². The van der Waals surface area contributed by atoms with Crippen molar-refractivity contribution in [2.75, 3.05) is 19.6 Å². The number of hydrogen-bond donors (Lipinski definition) is 2. The van der Waals surface area contributed by atoms with E-state index in [0.717, 1.165) is 79.6 Å². The third kappa shape index (κ3) is 6.30. The second-order valence-electron chi connectivity index (χ2n) is 11.4. The normalized spacial score (nSPS) is 19.6. The maximum Gasteiger partial charge on any atom is 0.272 e. The molecule has 1 atom stereocenters. The van der Waals surface area contributed by atoms with E-state index in [1.165, 1.54) is 0 Å². The first-order chi connectivity index (χ1) is 18.8. The number of aromatic nitrogens is 4. The van der Waals surface area contributed by atoms with Gasteiger partial charge in [0.1, 0.15) is 0 Å². The Hall–Kier alpha value is -2.91. The van der Waals surface area contributed by atoms with Crippen LogP contribution in [0.4, 0.5) is 0 Å². The fourth-order valence-corrected chi connectivity index (χ4v) is 6.13. The average Bonchev–Trinajstić information content (AvgIpc) is 3.42. The van der Waals surface area contributed by atoms with Crippen LogP contribution in [-0.2, 0) is 37.8 Å². The molecule has 2 amide bonds. The van der Waals surface area contributed by atoms with Gasteiger partial charge in [-0.25, -0.2) is 0 Å². The number of benzene rings is 1. The van der Waals surface area contributed by atoms with E-state index in [0.29, 0.717) is 42.6 Å². The van der Waals surface area contributed by atoms with Crippen LogP contribution in [0.2, 0.25) is 5.02 Å². The zero-order valence-corrected chi connectivity index (χ0v) is 24.1. The molecule has 2 aromatic heterocycles. The van der Waals surface area contributed by atoms with E-state index in [2.05, 4.69) is 29.4 Å². The average molecular weight is 554 g/mol. The highest BCUT2D eigenvalue weighted by Crippen LogP contribution is 2.28. The van der Waals surface area contributed by atoms with Gasteiger partial charge in [0.15, 0.2) is 5.69 Å². The number of aryl methyl sites for hydroxylation is 2. The molecule has 2 bridgehead atoms. The van der Waals surface area contributed by atoms with E-state index in [4.69, 9.17) is 21.8 Å². The van der Waals surface area contributed by atoms with Crippen molar-refractivity contribution >= 4 is 34.3 Å². The van der Waals surface area contributed by atoms with E-state index in [1.807, 2.05) is 34.6 Å². The predicted octanol–water partition coefficient (Wildman–Crippen LogP) is 3.86. The molecule has 0 fully saturated rings. The molecule has 1 aliphatic carbocycles. The Morgan fingerprint density at radius 3 is 2.77 bits per heavy atom. The molecule has 210 valence electrons. The lowest BCUT2D eigenvalue weighted by Gasteiger charge is -2.25. The number of carbonyl (C=O) groups excluding carboxylic acids is 2. The molecule has 5 rings (SSSR count). The number of amides is 2. The molecule has 0 spiro atoms. The van der Waals surface area contributed by atoms with Crippen LogP contribution < -0.4 is 10.6 Å². The molecule has 2 aliphatic rings. The fourth-order valence-electron chi connectivity index (χ4n) is 5.86. The van der Waals surface area contributed by atoms with Gasteiger partial charge in [-0.05, 0) is 63.1 Å². The van der Waals surface area contributed by atoms with Crippen molar-refractivity contribution in [3.05, 3.63) is 45.9 Å². The molecule has 0 saturated carbocycles. The summed E-state index contributed by atoms with van der Waals surface area (Å²) < 4.78 is 3.90. The number of carbonyl (C=O) groups is 2. The van der Waals surface area contributed by atoms with Crippen molar-refractivity contribution in [3.63, 3.8) is 0 Å². The van der Waals surface area contributed by atoms with E-state index < -0.39 is 0 Å². The minimum atomic E-state index is -0.120. The number of nitrogens with zero attached hydrogens (tertiary/aromatic N) is 5. The van der Waals surface area contributed by atoms with Crippen LogP contribution in [0, 0.1) is 5.92 Å². The standard InChI is InChI=1S/C29H40ClN7O2/c1-19(2)12-16-37-24-11-10-20-17-21(24)28(34-37)29(39)31-13-6-15-36(14-5-9-26(38)32-20)18-23-27-22(30)7-4-8-25(27)35(3)33-23/h4,7-8,19-20H,5-6,9-18H2,1-3H3,(H,31,39)(H,32,38). The molecule has 10 heteroatoms. The lowest BCUT2D eigenvalue weighted by atomic mass is 9.91. The minimum Gasteiger partial charge on any atom is -0.353 e. The van der Waals surface area contributed by atoms with E-state index in [9.17, 15) is 9.59 Å². The summed E-state index contributed by atoms with van der Waals surface area (Å²) in [5.74, 6) is 0.514. The quantitative estimate of drug-likeness (QED) is 0.500. The van der Waals surface area contributed by atoms with Gasteiger partial charge in [-0.1, -0.05) is 31.5 Å². The summed E-state index contributed by atoms with van der Waals surface area (Å²) in [6.45, 7) is 7.95. The van der Waals surface area contributed by atoms with Crippen LogP contribution in [0.5, 0.6) is 0 Å². The molecular formula is C29H40ClN7O2.